The van der Waals surface area contributed by atoms with Crippen LogP contribution in [0.4, 0.5) is 10.5 Å². The average molecular weight is 374 g/mol. The van der Waals surface area contributed by atoms with Gasteiger partial charge in [0.15, 0.2) is 0 Å². The van der Waals surface area contributed by atoms with Crippen molar-refractivity contribution in [1.29, 1.82) is 0 Å². The number of likely N-dealkylation sites (tertiary alicyclic amines) is 1. The van der Waals surface area contributed by atoms with Crippen LogP contribution >= 0.6 is 0 Å². The summed E-state index contributed by atoms with van der Waals surface area (Å²) in [7, 11) is 1.48. The van der Waals surface area contributed by atoms with Gasteiger partial charge in [-0.05, 0) is 36.5 Å². The Bertz CT molecular complexity index is 925. The summed E-state index contributed by atoms with van der Waals surface area (Å²) in [6.07, 6.45) is 2.61. The normalized spacial score (nSPS) is 28.0. The molecular formula is C24H26N2O2. The zero-order valence-corrected chi connectivity index (χ0v) is 16.3. The van der Waals surface area contributed by atoms with Crippen LogP contribution in [0.5, 0.6) is 0 Å². The summed E-state index contributed by atoms with van der Waals surface area (Å²) in [6, 6.07) is 19.9. The maximum Gasteiger partial charge on any atom is 0.409 e. The van der Waals surface area contributed by atoms with E-state index in [4.69, 9.17) is 4.74 Å². The Kier molecular flexibility index (Phi) is 3.97. The first-order valence-electron chi connectivity index (χ1n) is 10.1. The number of para-hydroxylation sites is 1. The second-order valence-electron chi connectivity index (χ2n) is 8.27. The van der Waals surface area contributed by atoms with Crippen LogP contribution in [0.3, 0.4) is 0 Å². The van der Waals surface area contributed by atoms with Gasteiger partial charge in [-0.3, -0.25) is 0 Å². The second kappa shape index (κ2) is 6.40. The number of nitrogens with zero attached hydrogens (tertiary/aromatic N) is 2. The predicted molar refractivity (Wildman–Crippen MR) is 110 cm³/mol. The van der Waals surface area contributed by atoms with Gasteiger partial charge in [0.1, 0.15) is 0 Å². The summed E-state index contributed by atoms with van der Waals surface area (Å²) < 4.78 is 5.12. The molecule has 1 saturated heterocycles. The fraction of sp³-hybridized carbons (Fsp3) is 0.375. The minimum absolute atomic E-state index is 0.0409. The molecule has 2 aromatic rings. The number of anilines is 1. The van der Waals surface area contributed by atoms with E-state index < -0.39 is 0 Å². The molecule has 4 heteroatoms. The van der Waals surface area contributed by atoms with Crippen molar-refractivity contribution >= 4 is 11.8 Å². The molecule has 1 spiro atoms. The van der Waals surface area contributed by atoms with Crippen LogP contribution in [0.25, 0.3) is 0 Å². The van der Waals surface area contributed by atoms with Gasteiger partial charge in [0.25, 0.3) is 0 Å². The highest BCUT2D eigenvalue weighted by molar-refractivity contribution is 5.73. The summed E-state index contributed by atoms with van der Waals surface area (Å²) >= 11 is 0. The van der Waals surface area contributed by atoms with E-state index in [0.717, 1.165) is 32.4 Å². The maximum absolute atomic E-state index is 12.5. The summed E-state index contributed by atoms with van der Waals surface area (Å²) in [5.74, 6) is 0. The standard InChI is InChI=1S/C24H26N2O2/c1-17-14-21-24(12-13-25(21)23(27)28-2)19-10-6-7-11-20(19)26(22(24)15-17)16-18-8-4-3-5-9-18/h3-11,21-22H,1,12-16H2,2H3/t21-,22+,24-/m1/s1. The van der Waals surface area contributed by atoms with E-state index >= 15 is 0 Å². The molecule has 3 aliphatic rings. The fourth-order valence-electron chi connectivity index (χ4n) is 5.88. The number of fused-ring (bicyclic) bond motifs is 1. The molecule has 2 aliphatic heterocycles. The molecule has 1 saturated carbocycles. The van der Waals surface area contributed by atoms with Crippen molar-refractivity contribution < 1.29 is 9.53 Å². The predicted octanol–water partition coefficient (Wildman–Crippen LogP) is 4.50. The number of methoxy groups -OCH3 is 1. The van der Waals surface area contributed by atoms with Gasteiger partial charge in [0.05, 0.1) is 13.2 Å². The average Bonchev–Trinajstić information content (AvgIpc) is 3.23. The highest BCUT2D eigenvalue weighted by atomic mass is 16.5. The van der Waals surface area contributed by atoms with E-state index in [2.05, 4.69) is 66.1 Å². The van der Waals surface area contributed by atoms with Crippen LogP contribution in [0.1, 0.15) is 30.4 Å². The van der Waals surface area contributed by atoms with Gasteiger partial charge in [0.2, 0.25) is 0 Å². The van der Waals surface area contributed by atoms with Crippen molar-refractivity contribution in [2.45, 2.75) is 43.3 Å². The third-order valence-electron chi connectivity index (χ3n) is 6.99. The quantitative estimate of drug-likeness (QED) is 0.726. The van der Waals surface area contributed by atoms with Gasteiger partial charge < -0.3 is 14.5 Å². The molecule has 1 amide bonds. The van der Waals surface area contributed by atoms with Crippen molar-refractivity contribution in [2.75, 3.05) is 18.6 Å². The van der Waals surface area contributed by atoms with Gasteiger partial charge in [-0.25, -0.2) is 4.79 Å². The summed E-state index contributed by atoms with van der Waals surface area (Å²) in [4.78, 5) is 17.0. The van der Waals surface area contributed by atoms with E-state index in [0.29, 0.717) is 6.04 Å². The largest absolute Gasteiger partial charge is 0.453 e. The molecule has 0 aromatic heterocycles. The number of benzene rings is 2. The van der Waals surface area contributed by atoms with Gasteiger partial charge in [-0.2, -0.15) is 0 Å². The first kappa shape index (κ1) is 17.4. The molecule has 5 rings (SSSR count). The molecule has 2 aromatic carbocycles. The van der Waals surface area contributed by atoms with Gasteiger partial charge in [-0.15, -0.1) is 0 Å². The highest BCUT2D eigenvalue weighted by Gasteiger charge is 2.62. The summed E-state index contributed by atoms with van der Waals surface area (Å²) in [6.45, 7) is 5.97. The summed E-state index contributed by atoms with van der Waals surface area (Å²) in [5, 5.41) is 0. The number of hydrogen-bond acceptors (Lipinski definition) is 3. The van der Waals surface area contributed by atoms with Crippen LogP contribution < -0.4 is 4.90 Å². The van der Waals surface area contributed by atoms with Gasteiger partial charge >= 0.3 is 6.09 Å². The van der Waals surface area contributed by atoms with Crippen LogP contribution in [0.15, 0.2) is 66.7 Å². The highest BCUT2D eigenvalue weighted by Crippen LogP contribution is 2.59. The van der Waals surface area contributed by atoms with Gasteiger partial charge in [-0.1, -0.05) is 60.7 Å². The molecule has 1 aliphatic carbocycles. The van der Waals surface area contributed by atoms with Crippen LogP contribution in [-0.2, 0) is 16.7 Å². The second-order valence-corrected chi connectivity index (χ2v) is 8.27. The topological polar surface area (TPSA) is 32.8 Å². The lowest BCUT2D eigenvalue weighted by Gasteiger charge is -2.46. The molecule has 4 nitrogen and oxygen atoms in total. The zero-order valence-electron chi connectivity index (χ0n) is 16.3. The molecule has 3 atom stereocenters. The van der Waals surface area contributed by atoms with E-state index in [9.17, 15) is 4.79 Å². The third-order valence-corrected chi connectivity index (χ3v) is 6.99. The van der Waals surface area contributed by atoms with Crippen molar-refractivity contribution in [1.82, 2.24) is 4.90 Å². The maximum atomic E-state index is 12.5. The van der Waals surface area contributed by atoms with E-state index in [1.807, 2.05) is 4.90 Å². The number of hydrogen-bond donors (Lipinski definition) is 0. The number of carbonyl (C=O) groups is 1. The molecule has 0 N–H and O–H groups in total. The Morgan fingerprint density at radius 3 is 2.61 bits per heavy atom. The Labute approximate surface area is 166 Å². The van der Waals surface area contributed by atoms with Crippen LogP contribution in [0.2, 0.25) is 0 Å². The third kappa shape index (κ3) is 2.33. The lowest BCUT2D eigenvalue weighted by molar-refractivity contribution is 0.103. The molecular weight excluding hydrogens is 348 g/mol. The smallest absolute Gasteiger partial charge is 0.409 e. The van der Waals surface area contributed by atoms with Crippen LogP contribution in [0, 0.1) is 0 Å². The molecule has 0 bridgehead atoms. The Hall–Kier alpha value is -2.75. The number of amides is 1. The van der Waals surface area contributed by atoms with E-state index in [1.54, 1.807) is 0 Å². The Morgan fingerprint density at radius 2 is 1.82 bits per heavy atom. The minimum Gasteiger partial charge on any atom is -0.453 e. The first-order chi connectivity index (χ1) is 13.6. The van der Waals surface area contributed by atoms with E-state index in [1.165, 1.54) is 29.5 Å². The molecule has 28 heavy (non-hydrogen) atoms. The zero-order chi connectivity index (χ0) is 19.3. The lowest BCUT2D eigenvalue weighted by Crippen LogP contribution is -2.56. The lowest BCUT2D eigenvalue weighted by atomic mass is 9.64. The Morgan fingerprint density at radius 1 is 1.11 bits per heavy atom. The van der Waals surface area contributed by atoms with Crippen molar-refractivity contribution in [2.24, 2.45) is 0 Å². The molecule has 0 radical (unpaired) electrons. The summed E-state index contributed by atoms with van der Waals surface area (Å²) in [5.41, 5.74) is 5.20. The number of rotatable bonds is 2. The number of ether oxygens (including phenoxy) is 1. The SMILES string of the molecule is C=C1C[C@@H]2N(Cc3ccccc3)c3ccccc3[C@@]23CCN(C(=O)OC)[C@@H]3C1. The molecule has 2 heterocycles. The fourth-order valence-corrected chi connectivity index (χ4v) is 5.88. The van der Waals surface area contributed by atoms with Gasteiger partial charge in [0, 0.05) is 30.2 Å². The van der Waals surface area contributed by atoms with Crippen molar-refractivity contribution in [3.63, 3.8) is 0 Å². The molecule has 144 valence electrons. The monoisotopic (exact) mass is 374 g/mol. The van der Waals surface area contributed by atoms with Crippen molar-refractivity contribution in [3.8, 4) is 0 Å². The van der Waals surface area contributed by atoms with E-state index in [-0.39, 0.29) is 17.6 Å². The molecule has 0 unspecified atom stereocenters. The molecule has 2 fully saturated rings. The number of carbonyl (C=O) groups excluding carboxylic acids is 1. The Balaban J connectivity index is 1.62. The minimum atomic E-state index is -0.214. The van der Waals surface area contributed by atoms with Crippen molar-refractivity contribution in [3.05, 3.63) is 77.9 Å². The van der Waals surface area contributed by atoms with Crippen LogP contribution in [-0.4, -0.2) is 36.7 Å². The first-order valence-corrected chi connectivity index (χ1v) is 10.1.